The zero-order chi connectivity index (χ0) is 18.4. The summed E-state index contributed by atoms with van der Waals surface area (Å²) < 4.78 is 7.47. The van der Waals surface area contributed by atoms with E-state index in [2.05, 4.69) is 32.8 Å². The minimum Gasteiger partial charge on any atom is -0.383 e. The van der Waals surface area contributed by atoms with Crippen LogP contribution in [0.15, 0.2) is 45.3 Å². The van der Waals surface area contributed by atoms with Crippen molar-refractivity contribution >= 4 is 44.5 Å². The van der Waals surface area contributed by atoms with Gasteiger partial charge in [-0.1, -0.05) is 33.8 Å². The van der Waals surface area contributed by atoms with Crippen LogP contribution in [0.2, 0.25) is 0 Å². The number of ether oxygens (including phenoxy) is 1. The van der Waals surface area contributed by atoms with Crippen LogP contribution in [0.3, 0.4) is 0 Å². The summed E-state index contributed by atoms with van der Waals surface area (Å²) in [5.41, 5.74) is 0.451. The lowest BCUT2D eigenvalue weighted by Crippen LogP contribution is -2.32. The van der Waals surface area contributed by atoms with Crippen LogP contribution in [0.4, 0.5) is 0 Å². The molecular formula is C17H20BrN3O3S. The second-order valence-corrected chi connectivity index (χ2v) is 7.52. The standard InChI is InChI=1S/C17H20BrN3O3S/c1-4-7-19-15(22)11(2)25-17-20-14-6-5-12(18)10-13(14)16(23)21(17)8-9-24-3/h4-6,10-11H,1,7-9H2,2-3H3,(H,19,22). The second kappa shape index (κ2) is 9.17. The molecule has 1 aromatic heterocycles. The molecule has 8 heteroatoms. The van der Waals surface area contributed by atoms with Crippen molar-refractivity contribution < 1.29 is 9.53 Å². The lowest BCUT2D eigenvalue weighted by molar-refractivity contribution is -0.120. The lowest BCUT2D eigenvalue weighted by Gasteiger charge is -2.16. The number of carbonyl (C=O) groups excluding carboxylic acids is 1. The number of fused-ring (bicyclic) bond motifs is 1. The largest absolute Gasteiger partial charge is 0.383 e. The van der Waals surface area contributed by atoms with E-state index in [1.165, 1.54) is 11.8 Å². The van der Waals surface area contributed by atoms with E-state index in [0.717, 1.165) is 4.47 Å². The molecule has 1 amide bonds. The summed E-state index contributed by atoms with van der Waals surface area (Å²) in [4.78, 5) is 29.5. The van der Waals surface area contributed by atoms with Gasteiger partial charge >= 0.3 is 0 Å². The van der Waals surface area contributed by atoms with Crippen molar-refractivity contribution in [3.8, 4) is 0 Å². The third kappa shape index (κ3) is 4.93. The molecule has 1 N–H and O–H groups in total. The average molecular weight is 426 g/mol. The molecule has 1 heterocycles. The minimum atomic E-state index is -0.395. The van der Waals surface area contributed by atoms with E-state index in [4.69, 9.17) is 4.74 Å². The molecule has 0 aliphatic carbocycles. The van der Waals surface area contributed by atoms with Gasteiger partial charge < -0.3 is 10.1 Å². The van der Waals surface area contributed by atoms with Crippen LogP contribution >= 0.6 is 27.7 Å². The van der Waals surface area contributed by atoms with E-state index in [9.17, 15) is 9.59 Å². The van der Waals surface area contributed by atoms with Crippen LogP contribution in [0, 0.1) is 0 Å². The Kier molecular flexibility index (Phi) is 7.22. The monoisotopic (exact) mass is 425 g/mol. The number of methoxy groups -OCH3 is 1. The zero-order valence-corrected chi connectivity index (χ0v) is 16.5. The van der Waals surface area contributed by atoms with Crippen LogP contribution in [-0.2, 0) is 16.1 Å². The minimum absolute atomic E-state index is 0.131. The summed E-state index contributed by atoms with van der Waals surface area (Å²) in [6.45, 7) is 6.51. The average Bonchev–Trinajstić information content (AvgIpc) is 2.60. The third-order valence-electron chi connectivity index (χ3n) is 3.47. The molecule has 0 saturated heterocycles. The molecule has 0 saturated carbocycles. The van der Waals surface area contributed by atoms with Gasteiger partial charge in [-0.2, -0.15) is 0 Å². The first kappa shape index (κ1) is 19.7. The highest BCUT2D eigenvalue weighted by molar-refractivity contribution is 9.10. The highest BCUT2D eigenvalue weighted by Gasteiger charge is 2.19. The fourth-order valence-electron chi connectivity index (χ4n) is 2.17. The first-order valence-electron chi connectivity index (χ1n) is 7.72. The number of thioether (sulfide) groups is 1. The molecule has 0 radical (unpaired) electrons. The Morgan fingerprint density at radius 2 is 2.32 bits per heavy atom. The molecule has 25 heavy (non-hydrogen) atoms. The van der Waals surface area contributed by atoms with Crippen molar-refractivity contribution in [1.29, 1.82) is 0 Å². The first-order chi connectivity index (χ1) is 12.0. The number of nitrogens with one attached hydrogen (secondary N) is 1. The van der Waals surface area contributed by atoms with Crippen LogP contribution in [0.5, 0.6) is 0 Å². The maximum atomic E-state index is 12.9. The van der Waals surface area contributed by atoms with Crippen molar-refractivity contribution in [3.63, 3.8) is 0 Å². The molecule has 0 bridgehead atoms. The van der Waals surface area contributed by atoms with Gasteiger partial charge in [-0.05, 0) is 25.1 Å². The van der Waals surface area contributed by atoms with Gasteiger partial charge in [0.25, 0.3) is 5.56 Å². The highest BCUT2D eigenvalue weighted by atomic mass is 79.9. The summed E-state index contributed by atoms with van der Waals surface area (Å²) in [6.07, 6.45) is 1.62. The zero-order valence-electron chi connectivity index (χ0n) is 14.1. The Bertz CT molecular complexity index is 838. The molecular weight excluding hydrogens is 406 g/mol. The third-order valence-corrected chi connectivity index (χ3v) is 5.06. The molecule has 1 unspecified atom stereocenters. The fourth-order valence-corrected chi connectivity index (χ4v) is 3.49. The molecule has 6 nitrogen and oxygen atoms in total. The number of amides is 1. The first-order valence-corrected chi connectivity index (χ1v) is 9.39. The molecule has 1 aromatic carbocycles. The predicted octanol–water partition coefficient (Wildman–Crippen LogP) is 2.59. The molecule has 0 fully saturated rings. The van der Waals surface area contributed by atoms with Gasteiger partial charge in [-0.3, -0.25) is 14.2 Å². The van der Waals surface area contributed by atoms with Crippen molar-refractivity contribution in [2.45, 2.75) is 23.9 Å². The van der Waals surface area contributed by atoms with E-state index in [0.29, 0.717) is 35.8 Å². The van der Waals surface area contributed by atoms with E-state index in [1.54, 1.807) is 36.8 Å². The van der Waals surface area contributed by atoms with Gasteiger partial charge in [0, 0.05) is 18.1 Å². The molecule has 0 spiro atoms. The second-order valence-electron chi connectivity index (χ2n) is 5.30. The number of rotatable bonds is 8. The molecule has 2 rings (SSSR count). The Hall–Kier alpha value is -1.64. The Labute approximate surface area is 158 Å². The molecule has 0 aliphatic heterocycles. The smallest absolute Gasteiger partial charge is 0.262 e. The van der Waals surface area contributed by atoms with Crippen molar-refractivity contribution in [3.05, 3.63) is 45.7 Å². The SMILES string of the molecule is C=CCNC(=O)C(C)Sc1nc2ccc(Br)cc2c(=O)n1CCOC. The van der Waals surface area contributed by atoms with E-state index >= 15 is 0 Å². The molecule has 0 aliphatic rings. The quantitative estimate of drug-likeness (QED) is 0.399. The Morgan fingerprint density at radius 1 is 1.56 bits per heavy atom. The van der Waals surface area contributed by atoms with E-state index < -0.39 is 5.25 Å². The van der Waals surface area contributed by atoms with Gasteiger partial charge in [0.2, 0.25) is 5.91 Å². The summed E-state index contributed by atoms with van der Waals surface area (Å²) in [6, 6.07) is 5.37. The molecule has 2 aromatic rings. The summed E-state index contributed by atoms with van der Waals surface area (Å²) >= 11 is 4.63. The van der Waals surface area contributed by atoms with Gasteiger partial charge in [-0.25, -0.2) is 4.98 Å². The van der Waals surface area contributed by atoms with E-state index in [-0.39, 0.29) is 11.5 Å². The van der Waals surface area contributed by atoms with Crippen molar-refractivity contribution in [2.75, 3.05) is 20.3 Å². The maximum Gasteiger partial charge on any atom is 0.262 e. The highest BCUT2D eigenvalue weighted by Crippen LogP contribution is 2.24. The topological polar surface area (TPSA) is 73.2 Å². The number of hydrogen-bond acceptors (Lipinski definition) is 5. The number of benzene rings is 1. The number of aromatic nitrogens is 2. The summed E-state index contributed by atoms with van der Waals surface area (Å²) in [5.74, 6) is -0.131. The summed E-state index contributed by atoms with van der Waals surface area (Å²) in [7, 11) is 1.58. The number of nitrogens with zero attached hydrogens (tertiary/aromatic N) is 2. The van der Waals surface area contributed by atoms with Gasteiger partial charge in [0.15, 0.2) is 5.16 Å². The fraction of sp³-hybridized carbons (Fsp3) is 0.353. The molecule has 1 atom stereocenters. The van der Waals surface area contributed by atoms with Gasteiger partial charge in [0.05, 0.1) is 29.3 Å². The number of hydrogen-bond donors (Lipinski definition) is 1. The van der Waals surface area contributed by atoms with Crippen LogP contribution in [-0.4, -0.2) is 41.0 Å². The van der Waals surface area contributed by atoms with Crippen LogP contribution in [0.25, 0.3) is 10.9 Å². The lowest BCUT2D eigenvalue weighted by atomic mass is 10.2. The van der Waals surface area contributed by atoms with Gasteiger partial charge in [-0.15, -0.1) is 6.58 Å². The maximum absolute atomic E-state index is 12.9. The van der Waals surface area contributed by atoms with Crippen molar-refractivity contribution in [2.24, 2.45) is 0 Å². The number of halogens is 1. The van der Waals surface area contributed by atoms with Crippen molar-refractivity contribution in [1.82, 2.24) is 14.9 Å². The van der Waals surface area contributed by atoms with Crippen LogP contribution < -0.4 is 10.9 Å². The predicted molar refractivity (Wildman–Crippen MR) is 104 cm³/mol. The summed E-state index contributed by atoms with van der Waals surface area (Å²) in [5, 5.41) is 3.38. The van der Waals surface area contributed by atoms with Crippen LogP contribution in [0.1, 0.15) is 6.92 Å². The van der Waals surface area contributed by atoms with E-state index in [1.807, 2.05) is 6.07 Å². The Morgan fingerprint density at radius 3 is 3.00 bits per heavy atom. The van der Waals surface area contributed by atoms with Gasteiger partial charge in [0.1, 0.15) is 0 Å². The Balaban J connectivity index is 2.42. The normalized spacial score (nSPS) is 12.1. The number of carbonyl (C=O) groups is 1. The molecule has 134 valence electrons.